The van der Waals surface area contributed by atoms with E-state index in [1.807, 2.05) is 0 Å². The maximum Gasteiger partial charge on any atom is 0.264 e. The summed E-state index contributed by atoms with van der Waals surface area (Å²) < 4.78 is 51.4. The number of ether oxygens (including phenoxy) is 2. The van der Waals surface area contributed by atoms with E-state index in [-0.39, 0.29) is 28.1 Å². The molecular formula is C20H19ClFNO5S. The molecular weight excluding hydrogens is 421 g/mol. The van der Waals surface area contributed by atoms with Crippen LogP contribution in [0.1, 0.15) is 18.4 Å². The Balaban J connectivity index is 1.76. The van der Waals surface area contributed by atoms with Crippen molar-refractivity contribution in [2.24, 2.45) is 0 Å². The molecule has 154 valence electrons. The fraction of sp³-hybridized carbons (Fsp3) is 0.350. The first-order valence-electron chi connectivity index (χ1n) is 9.07. The van der Waals surface area contributed by atoms with E-state index in [0.29, 0.717) is 37.3 Å². The molecule has 0 aromatic heterocycles. The molecule has 2 aliphatic rings. The zero-order valence-electron chi connectivity index (χ0n) is 15.7. The number of fused-ring (bicyclic) bond motifs is 1. The number of sulfone groups is 1. The maximum atomic E-state index is 14.3. The molecule has 6 nitrogen and oxygen atoms in total. The molecule has 0 bridgehead atoms. The van der Waals surface area contributed by atoms with Gasteiger partial charge in [-0.15, -0.1) is 11.6 Å². The quantitative estimate of drug-likeness (QED) is 0.686. The molecule has 0 N–H and O–H groups in total. The van der Waals surface area contributed by atoms with Gasteiger partial charge in [-0.25, -0.2) is 12.8 Å². The van der Waals surface area contributed by atoms with E-state index in [0.717, 1.165) is 6.07 Å². The van der Waals surface area contributed by atoms with E-state index in [9.17, 15) is 17.6 Å². The number of anilines is 1. The lowest BCUT2D eigenvalue weighted by Gasteiger charge is -2.32. The van der Waals surface area contributed by atoms with E-state index in [4.69, 9.17) is 21.1 Å². The predicted molar refractivity (Wildman–Crippen MR) is 105 cm³/mol. The second-order valence-corrected chi connectivity index (χ2v) is 9.80. The number of rotatable bonds is 3. The highest BCUT2D eigenvalue weighted by Gasteiger charge is 2.34. The molecule has 0 atom stereocenters. The average Bonchev–Trinajstić information content (AvgIpc) is 2.70. The van der Waals surface area contributed by atoms with Crippen molar-refractivity contribution < 1.29 is 27.1 Å². The van der Waals surface area contributed by atoms with Gasteiger partial charge in [-0.2, -0.15) is 0 Å². The van der Waals surface area contributed by atoms with Crippen LogP contribution in [0.25, 0.3) is 0 Å². The number of carbonyl (C=O) groups excluding carboxylic acids is 1. The monoisotopic (exact) mass is 439 g/mol. The van der Waals surface area contributed by atoms with Crippen LogP contribution >= 0.6 is 11.6 Å². The molecule has 1 saturated heterocycles. The van der Waals surface area contributed by atoms with Crippen LogP contribution in [0.15, 0.2) is 46.2 Å². The largest absolute Gasteiger partial charge is 0.482 e. The molecule has 2 aromatic rings. The van der Waals surface area contributed by atoms with Gasteiger partial charge in [0.1, 0.15) is 11.6 Å². The maximum absolute atomic E-state index is 14.3. The number of halogens is 2. The molecule has 9 heteroatoms. The topological polar surface area (TPSA) is 72.9 Å². The third-order valence-electron chi connectivity index (χ3n) is 5.31. The summed E-state index contributed by atoms with van der Waals surface area (Å²) in [7, 11) is -2.44. The first-order valence-corrected chi connectivity index (χ1v) is 10.9. The van der Waals surface area contributed by atoms with Crippen LogP contribution in [0.5, 0.6) is 5.75 Å². The van der Waals surface area contributed by atoms with E-state index in [1.54, 1.807) is 7.05 Å². The molecule has 2 heterocycles. The van der Waals surface area contributed by atoms with Gasteiger partial charge in [0.05, 0.1) is 20.4 Å². The number of alkyl halides is 1. The number of nitrogens with zero attached hydrogens (tertiary/aromatic N) is 1. The summed E-state index contributed by atoms with van der Waals surface area (Å²) in [6.45, 7) is 0.681. The Morgan fingerprint density at radius 2 is 1.83 bits per heavy atom. The molecule has 2 aliphatic heterocycles. The summed E-state index contributed by atoms with van der Waals surface area (Å²) in [6, 6.07) is 7.90. The first kappa shape index (κ1) is 20.1. The van der Waals surface area contributed by atoms with E-state index in [2.05, 4.69) is 0 Å². The lowest BCUT2D eigenvalue weighted by atomic mass is 9.90. The fourth-order valence-corrected chi connectivity index (χ4v) is 5.12. The molecule has 0 unspecified atom stereocenters. The zero-order chi connectivity index (χ0) is 20.8. The Labute approximate surface area is 173 Å². The predicted octanol–water partition coefficient (Wildman–Crippen LogP) is 3.26. The number of carbonyl (C=O) groups is 1. The van der Waals surface area contributed by atoms with Crippen LogP contribution in [0.2, 0.25) is 0 Å². The Hall–Kier alpha value is -2.16. The van der Waals surface area contributed by atoms with Crippen molar-refractivity contribution in [2.45, 2.75) is 27.5 Å². The van der Waals surface area contributed by atoms with E-state index in [1.165, 1.54) is 35.2 Å². The van der Waals surface area contributed by atoms with Crippen LogP contribution in [0.3, 0.4) is 0 Å². The van der Waals surface area contributed by atoms with Gasteiger partial charge < -0.3 is 14.4 Å². The van der Waals surface area contributed by atoms with Crippen LogP contribution in [-0.2, 0) is 24.2 Å². The lowest BCUT2D eigenvalue weighted by molar-refractivity contribution is -0.120. The summed E-state index contributed by atoms with van der Waals surface area (Å²) in [6.07, 6.45) is 0.926. The number of hydrogen-bond acceptors (Lipinski definition) is 5. The molecule has 29 heavy (non-hydrogen) atoms. The molecule has 0 saturated carbocycles. The van der Waals surface area contributed by atoms with Crippen molar-refractivity contribution in [3.63, 3.8) is 0 Å². The summed E-state index contributed by atoms with van der Waals surface area (Å²) in [5, 5.41) is 0. The molecule has 2 aromatic carbocycles. The van der Waals surface area contributed by atoms with Crippen molar-refractivity contribution in [3.05, 3.63) is 47.8 Å². The van der Waals surface area contributed by atoms with Crippen LogP contribution < -0.4 is 9.64 Å². The van der Waals surface area contributed by atoms with E-state index < -0.39 is 20.5 Å². The fourth-order valence-electron chi connectivity index (χ4n) is 3.52. The highest BCUT2D eigenvalue weighted by atomic mass is 35.5. The third-order valence-corrected chi connectivity index (χ3v) is 7.64. The van der Waals surface area contributed by atoms with Crippen LogP contribution in [0, 0.1) is 5.82 Å². The molecule has 1 fully saturated rings. The molecule has 4 rings (SSSR count). The normalized spacial score (nSPS) is 18.9. The Morgan fingerprint density at radius 3 is 2.55 bits per heavy atom. The van der Waals surface area contributed by atoms with Gasteiger partial charge >= 0.3 is 0 Å². The Bertz CT molecular complexity index is 1080. The van der Waals surface area contributed by atoms with Gasteiger partial charge in [0.25, 0.3) is 5.91 Å². The van der Waals surface area contributed by atoms with Gasteiger partial charge in [-0.3, -0.25) is 4.79 Å². The molecule has 1 amide bonds. The van der Waals surface area contributed by atoms with Crippen molar-refractivity contribution in [3.8, 4) is 5.75 Å². The van der Waals surface area contributed by atoms with Gasteiger partial charge in [-0.05, 0) is 48.7 Å². The van der Waals surface area contributed by atoms with E-state index >= 15 is 0 Å². The minimum absolute atomic E-state index is 0.0499. The third kappa shape index (κ3) is 3.60. The summed E-state index contributed by atoms with van der Waals surface area (Å²) in [4.78, 5) is 12.0. The summed E-state index contributed by atoms with van der Waals surface area (Å²) in [5.74, 6) is -0.623. The Kier molecular flexibility index (Phi) is 5.04. The van der Waals surface area contributed by atoms with Crippen LogP contribution in [-0.4, -0.2) is 41.2 Å². The van der Waals surface area contributed by atoms with Crippen molar-refractivity contribution >= 4 is 33.0 Å². The van der Waals surface area contributed by atoms with Gasteiger partial charge in [0.2, 0.25) is 9.84 Å². The minimum atomic E-state index is -4.03. The van der Waals surface area contributed by atoms with Crippen molar-refractivity contribution in [1.29, 1.82) is 0 Å². The Morgan fingerprint density at radius 1 is 1.10 bits per heavy atom. The van der Waals surface area contributed by atoms with Crippen LogP contribution in [0.4, 0.5) is 10.1 Å². The average molecular weight is 440 g/mol. The summed E-state index contributed by atoms with van der Waals surface area (Å²) >= 11 is 6.67. The molecule has 0 spiro atoms. The minimum Gasteiger partial charge on any atom is -0.482 e. The highest BCUT2D eigenvalue weighted by Crippen LogP contribution is 2.41. The SMILES string of the molecule is CN1C(=O)COc2cc(S(=O)(=O)c3cc(F)cc(C4(Cl)CCOCC4)c3)ccc21. The van der Waals surface area contributed by atoms with Crippen molar-refractivity contribution in [2.75, 3.05) is 31.8 Å². The second-order valence-electron chi connectivity index (χ2n) is 7.13. The first-order chi connectivity index (χ1) is 13.7. The number of amides is 1. The molecule has 0 aliphatic carbocycles. The van der Waals surface area contributed by atoms with Gasteiger partial charge in [0.15, 0.2) is 6.61 Å². The van der Waals surface area contributed by atoms with Gasteiger partial charge in [-0.1, -0.05) is 0 Å². The smallest absolute Gasteiger partial charge is 0.264 e. The summed E-state index contributed by atoms with van der Waals surface area (Å²) in [5.41, 5.74) is 0.891. The van der Waals surface area contributed by atoms with Gasteiger partial charge in [0, 0.05) is 26.3 Å². The number of hydrogen-bond donors (Lipinski definition) is 0. The zero-order valence-corrected chi connectivity index (χ0v) is 17.2. The second kappa shape index (κ2) is 7.27. The number of benzene rings is 2. The lowest BCUT2D eigenvalue weighted by Crippen LogP contribution is -2.35. The standard InChI is InChI=1S/C20H19ClFNO5S/c1-23-17-3-2-15(11-18(17)28-12-19(23)24)29(25,26)16-9-13(8-14(22)10-16)20(21)4-6-27-7-5-20/h2-3,8-11H,4-7,12H2,1H3. The van der Waals surface area contributed by atoms with Crippen molar-refractivity contribution in [1.82, 2.24) is 0 Å². The highest BCUT2D eigenvalue weighted by molar-refractivity contribution is 7.91. The number of likely N-dealkylation sites (N-methyl/N-ethyl adjacent to an activating group) is 1. The molecule has 0 radical (unpaired) electrons.